The van der Waals surface area contributed by atoms with Crippen molar-refractivity contribution in [2.75, 3.05) is 37.6 Å². The maximum absolute atomic E-state index is 11.0. The van der Waals surface area contributed by atoms with E-state index in [1.807, 2.05) is 24.4 Å². The van der Waals surface area contributed by atoms with Gasteiger partial charge in [-0.25, -0.2) is 0 Å². The number of pyridine rings is 1. The summed E-state index contributed by atoms with van der Waals surface area (Å²) in [6, 6.07) is 14.2. The van der Waals surface area contributed by atoms with Crippen LogP contribution >= 0.6 is 11.6 Å². The fraction of sp³-hybridized carbons (Fsp3) is 0.304. The maximum atomic E-state index is 11.0. The molecule has 0 spiro atoms. The predicted octanol–water partition coefficient (Wildman–Crippen LogP) is 3.66. The molecule has 2 aromatic heterocycles. The zero-order valence-electron chi connectivity index (χ0n) is 18.4. The number of benzene rings is 2. The molecule has 1 fully saturated rings. The normalized spacial score (nSPS) is 14.6. The molecular formula is C23H23ClN8O2. The summed E-state index contributed by atoms with van der Waals surface area (Å²) < 4.78 is 0. The average Bonchev–Trinajstić information content (AvgIpc) is 3.33. The molecule has 3 heterocycles. The van der Waals surface area contributed by atoms with Crippen LogP contribution < -0.4 is 4.90 Å². The molecule has 0 amide bonds. The summed E-state index contributed by atoms with van der Waals surface area (Å²) in [6.07, 6.45) is 2.73. The third kappa shape index (κ3) is 4.82. The summed E-state index contributed by atoms with van der Waals surface area (Å²) in [5, 5.41) is 25.3. The highest BCUT2D eigenvalue weighted by Crippen LogP contribution is 2.28. The van der Waals surface area contributed by atoms with E-state index in [2.05, 4.69) is 36.3 Å². The van der Waals surface area contributed by atoms with Gasteiger partial charge in [0.15, 0.2) is 0 Å². The number of hydrogen-bond acceptors (Lipinski definition) is 8. The molecule has 0 N–H and O–H groups in total. The minimum atomic E-state index is -0.430. The number of non-ortho nitro benzene ring substituents is 1. The molecule has 0 unspecified atom stereocenters. The number of rotatable bonds is 7. The SMILES string of the molecule is O=[N+]([O-])c1cccc(-c2nnn(CCCN3CCN(c4ccnc5cc(Cl)ccc45)CC3)n2)c1. The van der Waals surface area contributed by atoms with Crippen LogP contribution in [0, 0.1) is 10.1 Å². The molecule has 1 aliphatic rings. The molecule has 0 aliphatic carbocycles. The summed E-state index contributed by atoms with van der Waals surface area (Å²) >= 11 is 6.12. The highest BCUT2D eigenvalue weighted by molar-refractivity contribution is 6.31. The Morgan fingerprint density at radius 2 is 1.88 bits per heavy atom. The fourth-order valence-electron chi connectivity index (χ4n) is 4.24. The largest absolute Gasteiger partial charge is 0.368 e. The smallest absolute Gasteiger partial charge is 0.270 e. The van der Waals surface area contributed by atoms with Crippen LogP contribution in [0.25, 0.3) is 22.3 Å². The second kappa shape index (κ2) is 9.70. The molecule has 0 radical (unpaired) electrons. The van der Waals surface area contributed by atoms with Crippen molar-refractivity contribution in [1.29, 1.82) is 0 Å². The lowest BCUT2D eigenvalue weighted by Gasteiger charge is -2.36. The van der Waals surface area contributed by atoms with Crippen LogP contribution in [0.2, 0.25) is 5.02 Å². The molecule has 1 saturated heterocycles. The molecule has 174 valence electrons. The van der Waals surface area contributed by atoms with Crippen molar-refractivity contribution in [2.24, 2.45) is 0 Å². The lowest BCUT2D eigenvalue weighted by atomic mass is 10.1. The van der Waals surface area contributed by atoms with Gasteiger partial charge in [-0.05, 0) is 35.9 Å². The van der Waals surface area contributed by atoms with E-state index >= 15 is 0 Å². The first-order valence-electron chi connectivity index (χ1n) is 11.1. The van der Waals surface area contributed by atoms with E-state index in [4.69, 9.17) is 11.6 Å². The van der Waals surface area contributed by atoms with Crippen molar-refractivity contribution in [1.82, 2.24) is 30.1 Å². The number of hydrogen-bond donors (Lipinski definition) is 0. The minimum absolute atomic E-state index is 0.0107. The number of nitro benzene ring substituents is 1. The van der Waals surface area contributed by atoms with Crippen LogP contribution in [-0.2, 0) is 6.54 Å². The molecule has 0 bridgehead atoms. The van der Waals surface area contributed by atoms with Gasteiger partial charge in [0.1, 0.15) is 0 Å². The van der Waals surface area contributed by atoms with Crippen LogP contribution in [0.15, 0.2) is 54.7 Å². The predicted molar refractivity (Wildman–Crippen MR) is 130 cm³/mol. The Morgan fingerprint density at radius 1 is 1.03 bits per heavy atom. The topological polar surface area (TPSA) is 106 Å². The zero-order valence-corrected chi connectivity index (χ0v) is 19.2. The lowest BCUT2D eigenvalue weighted by molar-refractivity contribution is -0.384. The van der Waals surface area contributed by atoms with E-state index in [-0.39, 0.29) is 5.69 Å². The van der Waals surface area contributed by atoms with Crippen molar-refractivity contribution < 1.29 is 4.92 Å². The molecule has 0 saturated carbocycles. The van der Waals surface area contributed by atoms with Gasteiger partial charge in [-0.3, -0.25) is 20.0 Å². The number of piperazine rings is 1. The lowest BCUT2D eigenvalue weighted by Crippen LogP contribution is -2.46. The first kappa shape index (κ1) is 22.2. The van der Waals surface area contributed by atoms with Gasteiger partial charge in [-0.2, -0.15) is 4.80 Å². The van der Waals surface area contributed by atoms with Crippen LogP contribution in [0.3, 0.4) is 0 Å². The van der Waals surface area contributed by atoms with Gasteiger partial charge in [-0.15, -0.1) is 10.2 Å². The molecule has 5 rings (SSSR count). The van der Waals surface area contributed by atoms with Gasteiger partial charge in [0.05, 0.1) is 17.0 Å². The van der Waals surface area contributed by atoms with E-state index in [0.717, 1.165) is 50.0 Å². The summed E-state index contributed by atoms with van der Waals surface area (Å²) in [5.74, 6) is 0.392. The third-order valence-electron chi connectivity index (χ3n) is 6.00. The summed E-state index contributed by atoms with van der Waals surface area (Å²) in [7, 11) is 0. The average molecular weight is 479 g/mol. The van der Waals surface area contributed by atoms with Crippen LogP contribution in [0.4, 0.5) is 11.4 Å². The molecule has 0 atom stereocenters. The van der Waals surface area contributed by atoms with Gasteiger partial charge < -0.3 is 4.90 Å². The van der Waals surface area contributed by atoms with Crippen molar-refractivity contribution in [3.8, 4) is 11.4 Å². The van der Waals surface area contributed by atoms with Gasteiger partial charge in [-0.1, -0.05) is 23.7 Å². The number of nitro groups is 1. The van der Waals surface area contributed by atoms with Crippen molar-refractivity contribution in [3.63, 3.8) is 0 Å². The number of nitrogens with zero attached hydrogens (tertiary/aromatic N) is 8. The Balaban J connectivity index is 1.13. The first-order valence-corrected chi connectivity index (χ1v) is 11.5. The number of aryl methyl sites for hydroxylation is 1. The highest BCUT2D eigenvalue weighted by atomic mass is 35.5. The van der Waals surface area contributed by atoms with Crippen molar-refractivity contribution >= 4 is 33.9 Å². The molecule has 1 aliphatic heterocycles. The summed E-state index contributed by atoms with van der Waals surface area (Å²) in [6.45, 7) is 5.41. The van der Waals surface area contributed by atoms with Gasteiger partial charge in [0.25, 0.3) is 5.69 Å². The van der Waals surface area contributed by atoms with Gasteiger partial charge in [0, 0.05) is 72.7 Å². The van der Waals surface area contributed by atoms with Gasteiger partial charge >= 0.3 is 0 Å². The maximum Gasteiger partial charge on any atom is 0.270 e. The molecule has 4 aromatic rings. The number of aromatic nitrogens is 5. The second-order valence-electron chi connectivity index (χ2n) is 8.19. The van der Waals surface area contributed by atoms with E-state index in [0.29, 0.717) is 23.0 Å². The van der Waals surface area contributed by atoms with Gasteiger partial charge in [0.2, 0.25) is 5.82 Å². The standard InChI is InChI=1S/C23H23ClN8O2/c24-18-5-6-20-21(16-18)25-8-7-22(20)30-13-11-29(12-14-30)9-2-10-31-27-23(26-28-31)17-3-1-4-19(15-17)32(33)34/h1,3-8,15-16H,2,9-14H2. The summed E-state index contributed by atoms with van der Waals surface area (Å²) in [4.78, 5) is 21.4. The van der Waals surface area contributed by atoms with Crippen molar-refractivity contribution in [3.05, 3.63) is 69.9 Å². The van der Waals surface area contributed by atoms with E-state index < -0.39 is 4.92 Å². The first-order chi connectivity index (χ1) is 16.6. The van der Waals surface area contributed by atoms with Crippen LogP contribution in [0.5, 0.6) is 0 Å². The fourth-order valence-corrected chi connectivity index (χ4v) is 4.41. The van der Waals surface area contributed by atoms with E-state index in [9.17, 15) is 10.1 Å². The summed E-state index contributed by atoms with van der Waals surface area (Å²) in [5.41, 5.74) is 2.71. The number of tetrazole rings is 1. The quantitative estimate of drug-likeness (QED) is 0.292. The number of fused-ring (bicyclic) bond motifs is 1. The Hall–Kier alpha value is -3.63. The second-order valence-corrected chi connectivity index (χ2v) is 8.63. The Morgan fingerprint density at radius 3 is 2.71 bits per heavy atom. The molecule has 10 nitrogen and oxygen atoms in total. The Kier molecular flexibility index (Phi) is 6.33. The molecule has 2 aromatic carbocycles. The number of anilines is 1. The number of halogens is 1. The van der Waals surface area contributed by atoms with Crippen LogP contribution in [-0.4, -0.2) is 67.7 Å². The third-order valence-corrected chi connectivity index (χ3v) is 6.23. The monoisotopic (exact) mass is 478 g/mol. The minimum Gasteiger partial charge on any atom is -0.368 e. The Labute approximate surface area is 200 Å². The van der Waals surface area contributed by atoms with E-state index in [1.54, 1.807) is 16.9 Å². The molecule has 11 heteroatoms. The Bertz CT molecular complexity index is 1320. The van der Waals surface area contributed by atoms with Crippen LogP contribution in [0.1, 0.15) is 6.42 Å². The van der Waals surface area contributed by atoms with Crippen molar-refractivity contribution in [2.45, 2.75) is 13.0 Å². The van der Waals surface area contributed by atoms with E-state index in [1.165, 1.54) is 17.8 Å². The zero-order chi connectivity index (χ0) is 23.5. The molecule has 34 heavy (non-hydrogen) atoms. The molecular weight excluding hydrogens is 456 g/mol. The highest BCUT2D eigenvalue weighted by Gasteiger charge is 2.19.